The number of carbonyl (C=O) groups excluding carboxylic acids is 2. The fraction of sp³-hybridized carbons (Fsp3) is 0.333. The number of carbonyl (C=O) groups is 2. The summed E-state index contributed by atoms with van der Waals surface area (Å²) in [7, 11) is 3.20. The number of rotatable bonds is 6. The number of nitrogens with zero attached hydrogens (tertiary/aromatic N) is 1. The number of amides is 2. The zero-order valence-corrected chi connectivity index (χ0v) is 15.7. The van der Waals surface area contributed by atoms with Crippen molar-refractivity contribution in [2.45, 2.75) is 25.9 Å². The molecule has 2 amide bonds. The molecule has 1 heterocycles. The van der Waals surface area contributed by atoms with Gasteiger partial charge in [0, 0.05) is 19.6 Å². The lowest BCUT2D eigenvalue weighted by atomic mass is 9.98. The van der Waals surface area contributed by atoms with E-state index in [-0.39, 0.29) is 18.2 Å². The van der Waals surface area contributed by atoms with Gasteiger partial charge >= 0.3 is 0 Å². The molecule has 0 unspecified atom stereocenters. The Labute approximate surface area is 159 Å². The van der Waals surface area contributed by atoms with Crippen molar-refractivity contribution in [3.05, 3.63) is 59.2 Å². The highest BCUT2D eigenvalue weighted by molar-refractivity contribution is 5.96. The third-order valence-electron chi connectivity index (χ3n) is 4.72. The Bertz CT molecular complexity index is 820. The van der Waals surface area contributed by atoms with Gasteiger partial charge in [0.2, 0.25) is 11.8 Å². The molecule has 1 aliphatic heterocycles. The molecule has 0 bridgehead atoms. The number of methoxy groups -OCH3 is 2. The maximum Gasteiger partial charge on any atom is 0.232 e. The summed E-state index contributed by atoms with van der Waals surface area (Å²) in [5.74, 6) is 0.908. The summed E-state index contributed by atoms with van der Waals surface area (Å²) in [5.41, 5.74) is 3.17. The first-order chi connectivity index (χ1) is 13.1. The number of fused-ring (bicyclic) bond motifs is 1. The maximum absolute atomic E-state index is 12.5. The molecule has 0 radical (unpaired) electrons. The Kier molecular flexibility index (Phi) is 5.96. The lowest BCUT2D eigenvalue weighted by Crippen LogP contribution is -2.38. The molecular formula is C21H24N2O4. The van der Waals surface area contributed by atoms with Crippen LogP contribution >= 0.6 is 0 Å². The third kappa shape index (κ3) is 4.58. The van der Waals surface area contributed by atoms with E-state index in [0.29, 0.717) is 31.1 Å². The van der Waals surface area contributed by atoms with Gasteiger partial charge in [-0.2, -0.15) is 0 Å². The topological polar surface area (TPSA) is 67.9 Å². The van der Waals surface area contributed by atoms with E-state index in [1.54, 1.807) is 19.1 Å². The minimum absolute atomic E-state index is 0.143. The fourth-order valence-corrected chi connectivity index (χ4v) is 3.20. The summed E-state index contributed by atoms with van der Waals surface area (Å²) < 4.78 is 10.7. The van der Waals surface area contributed by atoms with Crippen LogP contribution in [-0.2, 0) is 29.1 Å². The van der Waals surface area contributed by atoms with Gasteiger partial charge in [-0.15, -0.1) is 0 Å². The normalized spacial score (nSPS) is 12.9. The molecule has 0 aromatic heterocycles. The average molecular weight is 368 g/mol. The molecule has 0 spiro atoms. The molecular weight excluding hydrogens is 344 g/mol. The highest BCUT2D eigenvalue weighted by atomic mass is 16.5. The van der Waals surface area contributed by atoms with Gasteiger partial charge in [0.1, 0.15) is 6.42 Å². The van der Waals surface area contributed by atoms with Crippen molar-refractivity contribution in [3.63, 3.8) is 0 Å². The summed E-state index contributed by atoms with van der Waals surface area (Å²) in [4.78, 5) is 26.3. The minimum atomic E-state index is -0.262. The van der Waals surface area contributed by atoms with E-state index in [1.807, 2.05) is 42.5 Å². The van der Waals surface area contributed by atoms with E-state index >= 15 is 0 Å². The highest BCUT2D eigenvalue weighted by Crippen LogP contribution is 2.33. The average Bonchev–Trinajstić information content (AvgIpc) is 2.71. The van der Waals surface area contributed by atoms with Crippen LogP contribution in [0.25, 0.3) is 0 Å². The SMILES string of the molecule is COc1cc2c(cc1OC)CN(C(=O)CC(=O)NCc1ccccc1)CC2. The molecule has 0 aliphatic carbocycles. The molecule has 142 valence electrons. The Morgan fingerprint density at radius 2 is 1.70 bits per heavy atom. The van der Waals surface area contributed by atoms with Gasteiger partial charge < -0.3 is 19.7 Å². The first-order valence-electron chi connectivity index (χ1n) is 8.93. The first-order valence-corrected chi connectivity index (χ1v) is 8.93. The van der Waals surface area contributed by atoms with Crippen molar-refractivity contribution in [2.24, 2.45) is 0 Å². The van der Waals surface area contributed by atoms with Crippen LogP contribution in [0.2, 0.25) is 0 Å². The molecule has 1 aliphatic rings. The van der Waals surface area contributed by atoms with Crippen LogP contribution in [0.1, 0.15) is 23.1 Å². The van der Waals surface area contributed by atoms with Gasteiger partial charge in [0.05, 0.1) is 14.2 Å². The van der Waals surface area contributed by atoms with Crippen molar-refractivity contribution in [1.82, 2.24) is 10.2 Å². The van der Waals surface area contributed by atoms with Crippen molar-refractivity contribution >= 4 is 11.8 Å². The molecule has 6 heteroatoms. The van der Waals surface area contributed by atoms with E-state index in [9.17, 15) is 9.59 Å². The second-order valence-electron chi connectivity index (χ2n) is 6.48. The lowest BCUT2D eigenvalue weighted by molar-refractivity contribution is -0.136. The van der Waals surface area contributed by atoms with Crippen LogP contribution in [0.3, 0.4) is 0 Å². The van der Waals surface area contributed by atoms with Crippen molar-refractivity contribution in [3.8, 4) is 11.5 Å². The van der Waals surface area contributed by atoms with Gasteiger partial charge in [-0.3, -0.25) is 9.59 Å². The largest absolute Gasteiger partial charge is 0.493 e. The Hall–Kier alpha value is -3.02. The molecule has 27 heavy (non-hydrogen) atoms. The fourth-order valence-electron chi connectivity index (χ4n) is 3.20. The van der Waals surface area contributed by atoms with Crippen molar-refractivity contribution < 1.29 is 19.1 Å². The standard InChI is InChI=1S/C21H24N2O4/c1-26-18-10-16-8-9-23(14-17(16)11-19(18)27-2)21(25)12-20(24)22-13-15-6-4-3-5-7-15/h3-7,10-11H,8-9,12-14H2,1-2H3,(H,22,24). The lowest BCUT2D eigenvalue weighted by Gasteiger charge is -2.29. The predicted molar refractivity (Wildman–Crippen MR) is 102 cm³/mol. The number of benzene rings is 2. The van der Waals surface area contributed by atoms with Crippen molar-refractivity contribution in [2.75, 3.05) is 20.8 Å². The highest BCUT2D eigenvalue weighted by Gasteiger charge is 2.24. The zero-order chi connectivity index (χ0) is 19.2. The summed E-state index contributed by atoms with van der Waals surface area (Å²) in [6, 6.07) is 13.5. The molecule has 0 saturated heterocycles. The van der Waals surface area contributed by atoms with Gasteiger partial charge in [-0.05, 0) is 35.2 Å². The molecule has 6 nitrogen and oxygen atoms in total. The van der Waals surface area contributed by atoms with Crippen LogP contribution in [0.15, 0.2) is 42.5 Å². The Morgan fingerprint density at radius 1 is 1.04 bits per heavy atom. The van der Waals surface area contributed by atoms with E-state index in [2.05, 4.69) is 5.32 Å². The zero-order valence-electron chi connectivity index (χ0n) is 15.7. The predicted octanol–water partition coefficient (Wildman–Crippen LogP) is 2.29. The second-order valence-corrected chi connectivity index (χ2v) is 6.48. The minimum Gasteiger partial charge on any atom is -0.493 e. The number of hydrogen-bond donors (Lipinski definition) is 1. The van der Waals surface area contributed by atoms with Gasteiger partial charge in [-0.25, -0.2) is 0 Å². The molecule has 3 rings (SSSR count). The molecule has 1 N–H and O–H groups in total. The van der Waals surface area contributed by atoms with Crippen molar-refractivity contribution in [1.29, 1.82) is 0 Å². The summed E-state index contributed by atoms with van der Waals surface area (Å²) >= 11 is 0. The number of ether oxygens (including phenoxy) is 2. The van der Waals surface area contributed by atoms with Crippen LogP contribution in [-0.4, -0.2) is 37.5 Å². The summed E-state index contributed by atoms with van der Waals surface area (Å²) in [6.45, 7) is 1.49. The number of nitrogens with one attached hydrogen (secondary N) is 1. The third-order valence-corrected chi connectivity index (χ3v) is 4.72. The number of hydrogen-bond acceptors (Lipinski definition) is 4. The quantitative estimate of drug-likeness (QED) is 0.795. The molecule has 0 saturated carbocycles. The summed E-state index contributed by atoms with van der Waals surface area (Å²) in [6.07, 6.45) is 0.586. The monoisotopic (exact) mass is 368 g/mol. The van der Waals surface area contributed by atoms with Gasteiger partial charge in [0.25, 0.3) is 0 Å². The molecule has 0 fully saturated rings. The van der Waals surface area contributed by atoms with Crippen LogP contribution < -0.4 is 14.8 Å². The van der Waals surface area contributed by atoms with Gasteiger partial charge in [-0.1, -0.05) is 30.3 Å². The van der Waals surface area contributed by atoms with Crippen LogP contribution in [0.4, 0.5) is 0 Å². The smallest absolute Gasteiger partial charge is 0.232 e. The molecule has 0 atom stereocenters. The Balaban J connectivity index is 1.58. The first kappa shape index (κ1) is 18.8. The summed E-state index contributed by atoms with van der Waals surface area (Å²) in [5, 5.41) is 2.80. The van der Waals surface area contributed by atoms with Gasteiger partial charge in [0.15, 0.2) is 11.5 Å². The van der Waals surface area contributed by atoms with Crippen LogP contribution in [0.5, 0.6) is 11.5 Å². The second kappa shape index (κ2) is 8.58. The van der Waals surface area contributed by atoms with E-state index in [1.165, 1.54) is 0 Å². The van der Waals surface area contributed by atoms with E-state index in [4.69, 9.17) is 9.47 Å². The molecule has 2 aromatic carbocycles. The Morgan fingerprint density at radius 3 is 2.37 bits per heavy atom. The van der Waals surface area contributed by atoms with E-state index in [0.717, 1.165) is 23.1 Å². The van der Waals surface area contributed by atoms with E-state index < -0.39 is 0 Å². The van der Waals surface area contributed by atoms with Crippen LogP contribution in [0, 0.1) is 0 Å². The molecule has 2 aromatic rings. The maximum atomic E-state index is 12.5.